The maximum atomic E-state index is 13.2. The van der Waals surface area contributed by atoms with Crippen molar-refractivity contribution in [2.24, 2.45) is 0 Å². The molecule has 3 aromatic rings. The van der Waals surface area contributed by atoms with Crippen molar-refractivity contribution >= 4 is 17.3 Å². The molecule has 0 saturated carbocycles. The molecular formula is C25H23NO4. The first-order valence-electron chi connectivity index (χ1n) is 9.92. The molecule has 0 radical (unpaired) electrons. The van der Waals surface area contributed by atoms with Crippen LogP contribution in [0.3, 0.4) is 0 Å². The van der Waals surface area contributed by atoms with E-state index in [0.717, 1.165) is 18.4 Å². The number of hydrogen-bond acceptors (Lipinski definition) is 5. The number of rotatable bonds is 5. The minimum Gasteiger partial charge on any atom is -0.496 e. The third-order valence-electron chi connectivity index (χ3n) is 5.38. The summed E-state index contributed by atoms with van der Waals surface area (Å²) in [6, 6.07) is 14.3. The van der Waals surface area contributed by atoms with Crippen molar-refractivity contribution in [2.75, 3.05) is 12.8 Å². The van der Waals surface area contributed by atoms with E-state index in [1.807, 2.05) is 19.1 Å². The number of carbonyl (C=O) groups is 2. The fourth-order valence-corrected chi connectivity index (χ4v) is 3.89. The van der Waals surface area contributed by atoms with Crippen LogP contribution in [0.4, 0.5) is 5.69 Å². The predicted octanol–water partition coefficient (Wildman–Crippen LogP) is 5.11. The van der Waals surface area contributed by atoms with Crippen molar-refractivity contribution in [3.63, 3.8) is 0 Å². The summed E-state index contributed by atoms with van der Waals surface area (Å²) in [4.78, 5) is 26.3. The highest BCUT2D eigenvalue weighted by molar-refractivity contribution is 6.31. The van der Waals surface area contributed by atoms with E-state index in [1.54, 1.807) is 30.3 Å². The number of ketones is 2. The van der Waals surface area contributed by atoms with E-state index in [0.29, 0.717) is 16.9 Å². The van der Waals surface area contributed by atoms with Gasteiger partial charge in [-0.05, 0) is 30.5 Å². The second-order valence-corrected chi connectivity index (χ2v) is 7.40. The zero-order valence-corrected chi connectivity index (χ0v) is 17.2. The fraction of sp³-hybridized carbons (Fsp3) is 0.200. The van der Waals surface area contributed by atoms with Crippen molar-refractivity contribution in [2.45, 2.75) is 26.7 Å². The Morgan fingerprint density at radius 3 is 2.13 bits per heavy atom. The zero-order chi connectivity index (χ0) is 21.4. The summed E-state index contributed by atoms with van der Waals surface area (Å²) in [5.41, 5.74) is 9.69. The first kappa shape index (κ1) is 19.7. The Morgan fingerprint density at radius 2 is 1.53 bits per heavy atom. The summed E-state index contributed by atoms with van der Waals surface area (Å²) in [5, 5.41) is 0. The summed E-state index contributed by atoms with van der Waals surface area (Å²) in [5.74, 6) is 0.602. The lowest BCUT2D eigenvalue weighted by molar-refractivity contribution is 0.0977. The van der Waals surface area contributed by atoms with Gasteiger partial charge in [-0.25, -0.2) is 0 Å². The summed E-state index contributed by atoms with van der Waals surface area (Å²) in [6.45, 7) is 4.10. The molecule has 0 atom stereocenters. The molecule has 4 rings (SSSR count). The zero-order valence-electron chi connectivity index (χ0n) is 17.2. The number of carbonyl (C=O) groups excluding carboxylic acids is 2. The molecule has 30 heavy (non-hydrogen) atoms. The smallest absolute Gasteiger partial charge is 0.198 e. The molecular weight excluding hydrogens is 378 g/mol. The van der Waals surface area contributed by atoms with Gasteiger partial charge in [-0.3, -0.25) is 9.59 Å². The molecule has 0 fully saturated rings. The molecule has 0 heterocycles. The van der Waals surface area contributed by atoms with Gasteiger partial charge in [-0.15, -0.1) is 0 Å². The average Bonchev–Trinajstić information content (AvgIpc) is 2.75. The number of anilines is 1. The SMILES string of the molecule is CCCc1ccc(Oc2cc(OC)c3c(c2N)C(=O)c2ccccc2C3=O)c(C)c1. The molecule has 0 aliphatic heterocycles. The highest BCUT2D eigenvalue weighted by Crippen LogP contribution is 2.43. The highest BCUT2D eigenvalue weighted by Gasteiger charge is 2.35. The van der Waals surface area contributed by atoms with Gasteiger partial charge in [-0.2, -0.15) is 0 Å². The van der Waals surface area contributed by atoms with Crippen molar-refractivity contribution in [1.29, 1.82) is 0 Å². The quantitative estimate of drug-likeness (QED) is 0.470. The molecule has 0 aromatic heterocycles. The lowest BCUT2D eigenvalue weighted by atomic mass is 9.82. The minimum absolute atomic E-state index is 0.133. The number of ether oxygens (including phenoxy) is 2. The Bertz CT molecular complexity index is 1180. The number of methoxy groups -OCH3 is 1. The molecule has 2 N–H and O–H groups in total. The van der Waals surface area contributed by atoms with Crippen LogP contribution >= 0.6 is 0 Å². The Hall–Kier alpha value is -3.60. The van der Waals surface area contributed by atoms with Crippen LogP contribution in [0.5, 0.6) is 17.2 Å². The molecule has 0 bridgehead atoms. The summed E-state index contributed by atoms with van der Waals surface area (Å²) < 4.78 is 11.5. The molecule has 0 amide bonds. The lowest BCUT2D eigenvalue weighted by Crippen LogP contribution is -2.23. The van der Waals surface area contributed by atoms with Gasteiger partial charge in [0.1, 0.15) is 11.5 Å². The van der Waals surface area contributed by atoms with E-state index in [1.165, 1.54) is 12.7 Å². The monoisotopic (exact) mass is 401 g/mol. The van der Waals surface area contributed by atoms with Crippen LogP contribution in [0.2, 0.25) is 0 Å². The second kappa shape index (κ2) is 7.67. The average molecular weight is 401 g/mol. The Kier molecular flexibility index (Phi) is 5.04. The van der Waals surface area contributed by atoms with Crippen molar-refractivity contribution in [3.05, 3.63) is 81.9 Å². The molecule has 0 saturated heterocycles. The predicted molar refractivity (Wildman–Crippen MR) is 116 cm³/mol. The summed E-state index contributed by atoms with van der Waals surface area (Å²) >= 11 is 0. The number of aryl methyl sites for hydroxylation is 2. The van der Waals surface area contributed by atoms with Crippen molar-refractivity contribution < 1.29 is 19.1 Å². The number of benzene rings is 3. The standard InChI is InChI=1S/C25H23NO4/c1-4-7-15-10-11-18(14(2)12-15)30-20-13-19(29-3)21-22(23(20)26)25(28)17-9-6-5-8-16(17)24(21)27/h5-6,8-13H,4,7,26H2,1-3H3. The van der Waals surface area contributed by atoms with E-state index in [2.05, 4.69) is 13.0 Å². The Balaban J connectivity index is 1.83. The summed E-state index contributed by atoms with van der Waals surface area (Å²) in [6.07, 6.45) is 2.05. The number of hydrogen-bond donors (Lipinski definition) is 1. The van der Waals surface area contributed by atoms with Crippen LogP contribution in [0.15, 0.2) is 48.5 Å². The third-order valence-corrected chi connectivity index (χ3v) is 5.38. The van der Waals surface area contributed by atoms with Crippen LogP contribution < -0.4 is 15.2 Å². The number of fused-ring (bicyclic) bond motifs is 2. The van der Waals surface area contributed by atoms with E-state index in [-0.39, 0.29) is 39.9 Å². The van der Waals surface area contributed by atoms with Crippen LogP contribution in [0, 0.1) is 6.92 Å². The third kappa shape index (κ3) is 3.12. The molecule has 5 nitrogen and oxygen atoms in total. The molecule has 152 valence electrons. The normalized spacial score (nSPS) is 12.4. The van der Waals surface area contributed by atoms with Crippen molar-refractivity contribution in [1.82, 2.24) is 0 Å². The maximum Gasteiger partial charge on any atom is 0.198 e. The van der Waals surface area contributed by atoms with Gasteiger partial charge in [-0.1, -0.05) is 49.7 Å². The first-order chi connectivity index (χ1) is 14.5. The molecule has 0 spiro atoms. The molecule has 1 aliphatic rings. The van der Waals surface area contributed by atoms with Crippen LogP contribution in [0.1, 0.15) is 56.3 Å². The minimum atomic E-state index is -0.309. The molecule has 5 heteroatoms. The van der Waals surface area contributed by atoms with E-state index in [9.17, 15) is 9.59 Å². The van der Waals surface area contributed by atoms with Gasteiger partial charge in [0.05, 0.1) is 23.9 Å². The van der Waals surface area contributed by atoms with Gasteiger partial charge >= 0.3 is 0 Å². The Morgan fingerprint density at radius 1 is 0.867 bits per heavy atom. The van der Waals surface area contributed by atoms with E-state index >= 15 is 0 Å². The summed E-state index contributed by atoms with van der Waals surface area (Å²) in [7, 11) is 1.46. The van der Waals surface area contributed by atoms with Crippen molar-refractivity contribution in [3.8, 4) is 17.2 Å². The topological polar surface area (TPSA) is 78.6 Å². The Labute approximate surface area is 175 Å². The molecule has 1 aliphatic carbocycles. The van der Waals surface area contributed by atoms with Gasteiger partial charge in [0, 0.05) is 17.2 Å². The molecule has 3 aromatic carbocycles. The van der Waals surface area contributed by atoms with Crippen LogP contribution in [0.25, 0.3) is 0 Å². The van der Waals surface area contributed by atoms with Gasteiger partial charge in [0.2, 0.25) is 0 Å². The van der Waals surface area contributed by atoms with Gasteiger partial charge in [0.15, 0.2) is 17.3 Å². The lowest BCUT2D eigenvalue weighted by Gasteiger charge is -2.23. The largest absolute Gasteiger partial charge is 0.496 e. The fourth-order valence-electron chi connectivity index (χ4n) is 3.89. The van der Waals surface area contributed by atoms with Crippen LogP contribution in [-0.2, 0) is 6.42 Å². The maximum absolute atomic E-state index is 13.2. The van der Waals surface area contributed by atoms with E-state index < -0.39 is 0 Å². The van der Waals surface area contributed by atoms with E-state index in [4.69, 9.17) is 15.2 Å². The first-order valence-corrected chi connectivity index (χ1v) is 9.92. The van der Waals surface area contributed by atoms with Gasteiger partial charge in [0.25, 0.3) is 0 Å². The second-order valence-electron chi connectivity index (χ2n) is 7.40. The van der Waals surface area contributed by atoms with Crippen LogP contribution in [-0.4, -0.2) is 18.7 Å². The van der Waals surface area contributed by atoms with Gasteiger partial charge < -0.3 is 15.2 Å². The number of nitrogen functional groups attached to an aromatic ring is 1. The number of nitrogens with two attached hydrogens (primary N) is 1. The highest BCUT2D eigenvalue weighted by atomic mass is 16.5. The molecule has 0 unspecified atom stereocenters.